The number of nitrogens with one attached hydrogen (secondary N) is 2. The summed E-state index contributed by atoms with van der Waals surface area (Å²) in [5, 5.41) is 6.57. The molecule has 1 amide bonds. The van der Waals surface area contributed by atoms with Crippen LogP contribution in [0.25, 0.3) is 0 Å². The summed E-state index contributed by atoms with van der Waals surface area (Å²) in [6.07, 6.45) is 2.25. The molecule has 2 N–H and O–H groups in total. The largest absolute Gasteiger partial charge is 0.497 e. The van der Waals surface area contributed by atoms with Crippen molar-refractivity contribution in [1.82, 2.24) is 10.6 Å². The van der Waals surface area contributed by atoms with Gasteiger partial charge in [0.15, 0.2) is 0 Å². The van der Waals surface area contributed by atoms with Gasteiger partial charge in [-0.15, -0.1) is 0 Å². The van der Waals surface area contributed by atoms with E-state index in [9.17, 15) is 4.79 Å². The molecule has 3 aliphatic rings. The third-order valence-corrected chi connectivity index (χ3v) is 8.23. The third-order valence-electron chi connectivity index (χ3n) is 8.23. The topological polar surface area (TPSA) is 99.8 Å². The van der Waals surface area contributed by atoms with Gasteiger partial charge >= 0.3 is 0 Å². The van der Waals surface area contributed by atoms with Gasteiger partial charge in [-0.2, -0.15) is 0 Å². The Morgan fingerprint density at radius 1 is 1.02 bits per heavy atom. The molecular weight excluding hydrogens is 538 g/mol. The second-order valence-electron chi connectivity index (χ2n) is 11.1. The highest BCUT2D eigenvalue weighted by Crippen LogP contribution is 2.35. The van der Waals surface area contributed by atoms with Crippen LogP contribution in [0.4, 0.5) is 5.69 Å². The Morgan fingerprint density at radius 2 is 1.81 bits per heavy atom. The van der Waals surface area contributed by atoms with Crippen LogP contribution in [0.5, 0.6) is 11.5 Å². The number of ether oxygens (including phenoxy) is 6. The monoisotopic (exact) mass is 583 g/mol. The highest BCUT2D eigenvalue weighted by molar-refractivity contribution is 5.77. The summed E-state index contributed by atoms with van der Waals surface area (Å²) in [4.78, 5) is 15.1. The molecule has 1 unspecified atom stereocenters. The highest BCUT2D eigenvalue weighted by atomic mass is 16.5. The lowest BCUT2D eigenvalue weighted by Gasteiger charge is -2.39. The Hall–Kier alpha value is -2.89. The zero-order valence-corrected chi connectivity index (χ0v) is 24.8. The molecular formula is C32H45N3O7. The number of amides is 1. The van der Waals surface area contributed by atoms with E-state index in [1.54, 1.807) is 14.2 Å². The summed E-state index contributed by atoms with van der Waals surface area (Å²) in [6.45, 7) is 6.33. The van der Waals surface area contributed by atoms with Gasteiger partial charge < -0.3 is 44.0 Å². The SMILES string of the molecule is COCCCN1CCOc2ccc(CO[C@H]3CNC[C@@H](OCC(=O)NC4CCOCC4)C3c3ccc(OC)cc3)cc21. The van der Waals surface area contributed by atoms with Crippen LogP contribution in [0.1, 0.15) is 36.3 Å². The average Bonchev–Trinajstić information content (AvgIpc) is 3.03. The number of fused-ring (bicyclic) bond motifs is 1. The van der Waals surface area contributed by atoms with Gasteiger partial charge in [-0.1, -0.05) is 18.2 Å². The molecule has 0 radical (unpaired) electrons. The number of benzene rings is 2. The van der Waals surface area contributed by atoms with Gasteiger partial charge in [0.05, 0.1) is 38.2 Å². The fraction of sp³-hybridized carbons (Fsp3) is 0.594. The van der Waals surface area contributed by atoms with Gasteiger partial charge in [-0.05, 0) is 54.7 Å². The summed E-state index contributed by atoms with van der Waals surface area (Å²) in [7, 11) is 3.40. The smallest absolute Gasteiger partial charge is 0.246 e. The average molecular weight is 584 g/mol. The first-order chi connectivity index (χ1) is 20.6. The first-order valence-electron chi connectivity index (χ1n) is 15.1. The molecule has 2 aromatic carbocycles. The molecule has 0 spiro atoms. The second-order valence-corrected chi connectivity index (χ2v) is 11.1. The molecule has 3 heterocycles. The standard InChI is InChI=1S/C32H45N3O7/c1-37-14-3-12-35-13-17-40-28-9-4-23(18-27(28)35)21-41-29-19-33-20-30(32(29)24-5-7-26(38-2)8-6-24)42-22-31(36)34-25-10-15-39-16-11-25/h4-9,18,25,29-30,32-33H,3,10-17,19-22H2,1-2H3,(H,34,36)/t29-,30+,32?/m0/s1. The summed E-state index contributed by atoms with van der Waals surface area (Å²) in [6, 6.07) is 14.5. The van der Waals surface area contributed by atoms with Crippen LogP contribution in [0.3, 0.4) is 0 Å². The third kappa shape index (κ3) is 8.14. The molecule has 3 aliphatic heterocycles. The van der Waals surface area contributed by atoms with E-state index < -0.39 is 0 Å². The first kappa shape index (κ1) is 30.6. The van der Waals surface area contributed by atoms with Crippen LogP contribution in [-0.4, -0.2) is 97.6 Å². The van der Waals surface area contributed by atoms with Crippen LogP contribution >= 0.6 is 0 Å². The van der Waals surface area contributed by atoms with Gasteiger partial charge in [0.1, 0.15) is 24.7 Å². The Bertz CT molecular complexity index is 1130. The molecule has 2 saturated heterocycles. The first-order valence-corrected chi connectivity index (χ1v) is 15.1. The number of hydrogen-bond acceptors (Lipinski definition) is 9. The maximum absolute atomic E-state index is 12.7. The van der Waals surface area contributed by atoms with Gasteiger partial charge in [0.25, 0.3) is 0 Å². The molecule has 230 valence electrons. The molecule has 10 heteroatoms. The summed E-state index contributed by atoms with van der Waals surface area (Å²) >= 11 is 0. The molecule has 5 rings (SSSR count). The van der Waals surface area contributed by atoms with Crippen LogP contribution in [0.15, 0.2) is 42.5 Å². The molecule has 2 fully saturated rings. The number of methoxy groups -OCH3 is 2. The molecule has 0 aromatic heterocycles. The van der Waals surface area contributed by atoms with Crippen molar-refractivity contribution in [3.8, 4) is 11.5 Å². The quantitative estimate of drug-likeness (QED) is 0.345. The lowest BCUT2D eigenvalue weighted by Crippen LogP contribution is -2.51. The summed E-state index contributed by atoms with van der Waals surface area (Å²) < 4.78 is 34.9. The van der Waals surface area contributed by atoms with Gasteiger partial charge in [0.2, 0.25) is 5.91 Å². The second kappa shape index (κ2) is 15.5. The number of nitrogens with zero attached hydrogens (tertiary/aromatic N) is 1. The Balaban J connectivity index is 1.26. The minimum atomic E-state index is -0.231. The zero-order chi connectivity index (χ0) is 29.1. The van der Waals surface area contributed by atoms with E-state index >= 15 is 0 Å². The van der Waals surface area contributed by atoms with Crippen molar-refractivity contribution in [3.05, 3.63) is 53.6 Å². The Labute approximate surface area is 248 Å². The number of anilines is 1. The van der Waals surface area contributed by atoms with Crippen LogP contribution in [-0.2, 0) is 30.3 Å². The van der Waals surface area contributed by atoms with E-state index in [0.29, 0.717) is 39.5 Å². The van der Waals surface area contributed by atoms with Crippen LogP contribution < -0.4 is 25.0 Å². The van der Waals surface area contributed by atoms with E-state index in [1.807, 2.05) is 18.2 Å². The number of carbonyl (C=O) groups is 1. The van der Waals surface area contributed by atoms with Crippen molar-refractivity contribution in [3.63, 3.8) is 0 Å². The maximum atomic E-state index is 12.7. The van der Waals surface area contributed by atoms with Crippen molar-refractivity contribution in [2.24, 2.45) is 0 Å². The van der Waals surface area contributed by atoms with E-state index in [1.165, 1.54) is 0 Å². The number of carbonyl (C=O) groups excluding carboxylic acids is 1. The number of rotatable bonds is 13. The van der Waals surface area contributed by atoms with Gasteiger partial charge in [0, 0.05) is 58.5 Å². The van der Waals surface area contributed by atoms with Gasteiger partial charge in [-0.25, -0.2) is 0 Å². The molecule has 2 aromatic rings. The molecule has 42 heavy (non-hydrogen) atoms. The van der Waals surface area contributed by atoms with Gasteiger partial charge in [-0.3, -0.25) is 4.79 Å². The summed E-state index contributed by atoms with van der Waals surface area (Å²) in [5.41, 5.74) is 3.28. The predicted octanol–water partition coefficient (Wildman–Crippen LogP) is 2.88. The summed E-state index contributed by atoms with van der Waals surface area (Å²) in [5.74, 6) is 1.56. The van der Waals surface area contributed by atoms with Crippen molar-refractivity contribution in [2.75, 3.05) is 78.3 Å². The van der Waals surface area contributed by atoms with E-state index in [0.717, 1.165) is 67.3 Å². The normalized spacial score (nSPS) is 22.7. The molecule has 0 saturated carbocycles. The zero-order valence-electron chi connectivity index (χ0n) is 24.8. The maximum Gasteiger partial charge on any atom is 0.246 e. The lowest BCUT2D eigenvalue weighted by molar-refractivity contribution is -0.132. The minimum Gasteiger partial charge on any atom is -0.497 e. The Kier molecular flexibility index (Phi) is 11.3. The lowest BCUT2D eigenvalue weighted by atomic mass is 9.85. The number of hydrogen-bond donors (Lipinski definition) is 2. The Morgan fingerprint density at radius 3 is 2.57 bits per heavy atom. The van der Waals surface area contributed by atoms with E-state index in [-0.39, 0.29) is 36.7 Å². The molecule has 0 bridgehead atoms. The van der Waals surface area contributed by atoms with Crippen molar-refractivity contribution >= 4 is 11.6 Å². The fourth-order valence-electron chi connectivity index (χ4n) is 5.98. The van der Waals surface area contributed by atoms with Crippen LogP contribution in [0, 0.1) is 0 Å². The van der Waals surface area contributed by atoms with E-state index in [2.05, 4.69) is 39.8 Å². The molecule has 3 atom stereocenters. The van der Waals surface area contributed by atoms with Crippen molar-refractivity contribution in [1.29, 1.82) is 0 Å². The van der Waals surface area contributed by atoms with Crippen molar-refractivity contribution in [2.45, 2.75) is 50.0 Å². The fourth-order valence-corrected chi connectivity index (χ4v) is 5.98. The molecule has 10 nitrogen and oxygen atoms in total. The highest BCUT2D eigenvalue weighted by Gasteiger charge is 2.36. The predicted molar refractivity (Wildman–Crippen MR) is 160 cm³/mol. The minimum absolute atomic E-state index is 0.00675. The number of piperidine rings is 1. The van der Waals surface area contributed by atoms with Crippen LogP contribution in [0.2, 0.25) is 0 Å². The molecule has 0 aliphatic carbocycles. The van der Waals surface area contributed by atoms with Crippen molar-refractivity contribution < 1.29 is 33.2 Å². The van der Waals surface area contributed by atoms with E-state index in [4.69, 9.17) is 28.4 Å².